The van der Waals surface area contributed by atoms with E-state index < -0.39 is 0 Å². The number of nitrogens with zero attached hydrogens (tertiary/aromatic N) is 1. The highest BCUT2D eigenvalue weighted by molar-refractivity contribution is 5.28. The van der Waals surface area contributed by atoms with Crippen molar-refractivity contribution < 1.29 is 9.47 Å². The molecular formula is C14H22N2O2. The predicted molar refractivity (Wildman–Crippen MR) is 71.6 cm³/mol. The lowest BCUT2D eigenvalue weighted by Crippen LogP contribution is -2.54. The van der Waals surface area contributed by atoms with E-state index in [1.54, 1.807) is 7.11 Å². The Labute approximate surface area is 109 Å². The molecule has 0 atom stereocenters. The van der Waals surface area contributed by atoms with E-state index in [-0.39, 0.29) is 5.41 Å². The molecule has 18 heavy (non-hydrogen) atoms. The van der Waals surface area contributed by atoms with E-state index in [2.05, 4.69) is 24.1 Å². The molecule has 1 aromatic carbocycles. The molecule has 1 fully saturated rings. The molecule has 2 N–H and O–H groups in total. The van der Waals surface area contributed by atoms with Crippen LogP contribution in [-0.2, 0) is 11.3 Å². The van der Waals surface area contributed by atoms with Crippen molar-refractivity contribution in [2.45, 2.75) is 6.54 Å². The van der Waals surface area contributed by atoms with Gasteiger partial charge in [-0.25, -0.2) is 0 Å². The highest BCUT2D eigenvalue weighted by Crippen LogP contribution is 2.27. The second kappa shape index (κ2) is 5.69. The van der Waals surface area contributed by atoms with Crippen molar-refractivity contribution in [2.24, 2.45) is 11.1 Å². The Morgan fingerprint density at radius 2 is 2.22 bits per heavy atom. The molecule has 2 rings (SSSR count). The fourth-order valence-corrected chi connectivity index (χ4v) is 2.38. The summed E-state index contributed by atoms with van der Waals surface area (Å²) in [6.07, 6.45) is 0. The fourth-order valence-electron chi connectivity index (χ4n) is 2.38. The lowest BCUT2D eigenvalue weighted by Gasteiger charge is -2.43. The lowest BCUT2D eigenvalue weighted by atomic mass is 9.85. The molecule has 1 saturated heterocycles. The van der Waals surface area contributed by atoms with Gasteiger partial charge in [-0.15, -0.1) is 0 Å². The first-order chi connectivity index (χ1) is 8.67. The van der Waals surface area contributed by atoms with Crippen LogP contribution >= 0.6 is 0 Å². The summed E-state index contributed by atoms with van der Waals surface area (Å²) in [5, 5.41) is 0. The third-order valence-electron chi connectivity index (χ3n) is 3.44. The van der Waals surface area contributed by atoms with Crippen LogP contribution in [0.1, 0.15) is 5.56 Å². The van der Waals surface area contributed by atoms with Crippen LogP contribution in [0.25, 0.3) is 0 Å². The fraction of sp³-hybridized carbons (Fsp3) is 0.571. The number of rotatable bonds is 6. The maximum Gasteiger partial charge on any atom is 0.119 e. The maximum atomic E-state index is 5.83. The van der Waals surface area contributed by atoms with Gasteiger partial charge in [0.2, 0.25) is 0 Å². The van der Waals surface area contributed by atoms with Crippen molar-refractivity contribution in [2.75, 3.05) is 40.5 Å². The molecule has 0 unspecified atom stereocenters. The first-order valence-corrected chi connectivity index (χ1v) is 6.27. The number of hydrogen-bond donors (Lipinski definition) is 1. The van der Waals surface area contributed by atoms with E-state index in [4.69, 9.17) is 15.2 Å². The van der Waals surface area contributed by atoms with Crippen molar-refractivity contribution in [1.82, 2.24) is 4.90 Å². The van der Waals surface area contributed by atoms with Gasteiger partial charge in [-0.2, -0.15) is 0 Å². The average Bonchev–Trinajstić information content (AvgIpc) is 2.34. The molecule has 0 saturated carbocycles. The van der Waals surface area contributed by atoms with Gasteiger partial charge < -0.3 is 20.1 Å². The van der Waals surface area contributed by atoms with Crippen LogP contribution in [0.5, 0.6) is 5.75 Å². The van der Waals surface area contributed by atoms with Crippen LogP contribution in [0.3, 0.4) is 0 Å². The van der Waals surface area contributed by atoms with Gasteiger partial charge in [-0.3, -0.25) is 0 Å². The molecule has 0 radical (unpaired) electrons. The number of benzene rings is 1. The number of ether oxygens (including phenoxy) is 2. The van der Waals surface area contributed by atoms with Gasteiger partial charge in [-0.05, 0) is 24.7 Å². The minimum absolute atomic E-state index is 0.160. The summed E-state index contributed by atoms with van der Waals surface area (Å²) in [5.41, 5.74) is 7.24. The van der Waals surface area contributed by atoms with Gasteiger partial charge in [0, 0.05) is 25.0 Å². The molecule has 4 nitrogen and oxygen atoms in total. The SMILES string of the molecule is COc1cccc(CN(C)CC2(CN)COC2)c1. The Hall–Kier alpha value is -1.10. The molecule has 1 aromatic rings. The molecule has 0 amide bonds. The average molecular weight is 250 g/mol. The van der Waals surface area contributed by atoms with Crippen molar-refractivity contribution in [3.63, 3.8) is 0 Å². The van der Waals surface area contributed by atoms with Gasteiger partial charge in [0.25, 0.3) is 0 Å². The van der Waals surface area contributed by atoms with Gasteiger partial charge in [0.15, 0.2) is 0 Å². The van der Waals surface area contributed by atoms with Gasteiger partial charge in [0.05, 0.1) is 20.3 Å². The van der Waals surface area contributed by atoms with Gasteiger partial charge in [0.1, 0.15) is 5.75 Å². The van der Waals surface area contributed by atoms with E-state index in [1.807, 2.05) is 12.1 Å². The summed E-state index contributed by atoms with van der Waals surface area (Å²) < 4.78 is 10.5. The minimum Gasteiger partial charge on any atom is -0.497 e. The summed E-state index contributed by atoms with van der Waals surface area (Å²) >= 11 is 0. The highest BCUT2D eigenvalue weighted by Gasteiger charge is 2.38. The standard InChI is InChI=1S/C14H22N2O2/c1-16(9-14(8-15)10-18-11-14)7-12-4-3-5-13(6-12)17-2/h3-6H,7-11,15H2,1-2H3. The van der Waals surface area contributed by atoms with Crippen LogP contribution in [0.4, 0.5) is 0 Å². The highest BCUT2D eigenvalue weighted by atomic mass is 16.5. The van der Waals surface area contributed by atoms with E-state index in [1.165, 1.54) is 5.56 Å². The molecule has 1 aliphatic heterocycles. The third kappa shape index (κ3) is 3.02. The summed E-state index contributed by atoms with van der Waals surface area (Å²) in [4.78, 5) is 2.30. The van der Waals surface area contributed by atoms with E-state index in [9.17, 15) is 0 Å². The number of nitrogens with two attached hydrogens (primary N) is 1. The third-order valence-corrected chi connectivity index (χ3v) is 3.44. The summed E-state index contributed by atoms with van der Waals surface area (Å²) in [6, 6.07) is 8.17. The molecular weight excluding hydrogens is 228 g/mol. The van der Waals surface area contributed by atoms with Crippen LogP contribution in [0.15, 0.2) is 24.3 Å². The second-order valence-corrected chi connectivity index (χ2v) is 5.22. The Morgan fingerprint density at radius 1 is 1.44 bits per heavy atom. The van der Waals surface area contributed by atoms with Gasteiger partial charge >= 0.3 is 0 Å². The molecule has 0 aliphatic carbocycles. The molecule has 4 heteroatoms. The first kappa shape index (κ1) is 13.3. The Bertz CT molecular complexity index is 386. The zero-order chi connectivity index (χ0) is 13.0. The lowest BCUT2D eigenvalue weighted by molar-refractivity contribution is -0.118. The zero-order valence-corrected chi connectivity index (χ0v) is 11.2. The van der Waals surface area contributed by atoms with Crippen LogP contribution in [0.2, 0.25) is 0 Å². The molecule has 1 heterocycles. The zero-order valence-electron chi connectivity index (χ0n) is 11.2. The molecule has 0 spiro atoms. The number of hydrogen-bond acceptors (Lipinski definition) is 4. The Balaban J connectivity index is 1.92. The smallest absolute Gasteiger partial charge is 0.119 e. The van der Waals surface area contributed by atoms with Crippen LogP contribution in [0, 0.1) is 5.41 Å². The molecule has 1 aliphatic rings. The molecule has 100 valence electrons. The van der Waals surface area contributed by atoms with Crippen molar-refractivity contribution in [1.29, 1.82) is 0 Å². The summed E-state index contributed by atoms with van der Waals surface area (Å²) in [7, 11) is 3.81. The largest absolute Gasteiger partial charge is 0.497 e. The van der Waals surface area contributed by atoms with E-state index >= 15 is 0 Å². The van der Waals surface area contributed by atoms with Crippen LogP contribution < -0.4 is 10.5 Å². The predicted octanol–water partition coefficient (Wildman–Crippen LogP) is 1.10. The van der Waals surface area contributed by atoms with Gasteiger partial charge in [-0.1, -0.05) is 12.1 Å². The van der Waals surface area contributed by atoms with Crippen molar-refractivity contribution in [3.8, 4) is 5.75 Å². The molecule has 0 bridgehead atoms. The Morgan fingerprint density at radius 3 is 2.78 bits per heavy atom. The maximum absolute atomic E-state index is 5.83. The van der Waals surface area contributed by atoms with E-state index in [0.717, 1.165) is 32.1 Å². The summed E-state index contributed by atoms with van der Waals surface area (Å²) in [5.74, 6) is 0.904. The molecule has 0 aromatic heterocycles. The Kier molecular flexibility index (Phi) is 4.22. The van der Waals surface area contributed by atoms with Crippen LogP contribution in [-0.4, -0.2) is 45.4 Å². The topological polar surface area (TPSA) is 47.7 Å². The van der Waals surface area contributed by atoms with E-state index in [0.29, 0.717) is 6.54 Å². The first-order valence-electron chi connectivity index (χ1n) is 6.27. The minimum atomic E-state index is 0.160. The van der Waals surface area contributed by atoms with Crippen molar-refractivity contribution >= 4 is 0 Å². The monoisotopic (exact) mass is 250 g/mol. The normalized spacial score (nSPS) is 17.6. The number of methoxy groups -OCH3 is 1. The second-order valence-electron chi connectivity index (χ2n) is 5.22. The van der Waals surface area contributed by atoms with Crippen molar-refractivity contribution in [3.05, 3.63) is 29.8 Å². The summed E-state index contributed by atoms with van der Waals surface area (Å²) in [6.45, 7) is 4.13. The quantitative estimate of drug-likeness (QED) is 0.821.